The Morgan fingerprint density at radius 2 is 1.74 bits per heavy atom. The van der Waals surface area contributed by atoms with Crippen molar-refractivity contribution in [2.24, 2.45) is 17.8 Å². The third-order valence-electron chi connectivity index (χ3n) is 3.84. The summed E-state index contributed by atoms with van der Waals surface area (Å²) in [5.74, 6) is 2.01. The van der Waals surface area contributed by atoms with Crippen LogP contribution >= 0.6 is 0 Å². The van der Waals surface area contributed by atoms with Crippen LogP contribution in [-0.2, 0) is 4.79 Å². The molecule has 19 heavy (non-hydrogen) atoms. The third kappa shape index (κ3) is 4.79. The number of hydrogen-bond donors (Lipinski definition) is 1. The Balaban J connectivity index is 2.63. The van der Waals surface area contributed by atoms with Crippen LogP contribution in [0.25, 0.3) is 0 Å². The lowest BCUT2D eigenvalue weighted by atomic mass is 10.0. The first-order valence-corrected chi connectivity index (χ1v) is 7.89. The molecule has 1 fully saturated rings. The van der Waals surface area contributed by atoms with E-state index in [-0.39, 0.29) is 12.2 Å². The van der Waals surface area contributed by atoms with Crippen LogP contribution in [0.1, 0.15) is 60.8 Å². The van der Waals surface area contributed by atoms with Gasteiger partial charge in [0.05, 0.1) is 12.2 Å². The van der Waals surface area contributed by atoms with Crippen molar-refractivity contribution in [2.45, 2.75) is 73.0 Å². The van der Waals surface area contributed by atoms with Crippen molar-refractivity contribution in [3.63, 3.8) is 0 Å². The van der Waals surface area contributed by atoms with Crippen LogP contribution in [0.5, 0.6) is 0 Å². The molecule has 3 nitrogen and oxygen atoms in total. The summed E-state index contributed by atoms with van der Waals surface area (Å²) in [5.41, 5.74) is 0. The Kier molecular flexibility index (Phi) is 6.31. The molecule has 2 atom stereocenters. The zero-order valence-electron chi connectivity index (χ0n) is 13.6. The van der Waals surface area contributed by atoms with Gasteiger partial charge in [0.2, 0.25) is 5.91 Å². The topological polar surface area (TPSA) is 32.3 Å². The SMILES string of the molecule is CC(C)CCCN1C(=O)C(C(C)C)NC1CC(C)C. The fraction of sp³-hybridized carbons (Fsp3) is 0.938. The van der Waals surface area contributed by atoms with Gasteiger partial charge >= 0.3 is 0 Å². The van der Waals surface area contributed by atoms with Crippen molar-refractivity contribution < 1.29 is 4.79 Å². The van der Waals surface area contributed by atoms with Gasteiger partial charge in [-0.25, -0.2) is 0 Å². The monoisotopic (exact) mass is 268 g/mol. The lowest BCUT2D eigenvalue weighted by Gasteiger charge is -2.25. The van der Waals surface area contributed by atoms with Gasteiger partial charge in [0.1, 0.15) is 0 Å². The molecule has 0 aromatic carbocycles. The number of nitrogens with one attached hydrogen (secondary N) is 1. The number of amides is 1. The molecular weight excluding hydrogens is 236 g/mol. The van der Waals surface area contributed by atoms with Gasteiger partial charge in [-0.15, -0.1) is 0 Å². The van der Waals surface area contributed by atoms with E-state index in [1.165, 1.54) is 6.42 Å². The van der Waals surface area contributed by atoms with E-state index in [9.17, 15) is 4.79 Å². The Morgan fingerprint density at radius 1 is 1.11 bits per heavy atom. The molecule has 1 amide bonds. The standard InChI is InChI=1S/C16H32N2O/c1-11(2)8-7-9-18-14(10-12(3)4)17-15(13(5)6)16(18)19/h11-15,17H,7-10H2,1-6H3. The molecule has 2 unspecified atom stereocenters. The lowest BCUT2D eigenvalue weighted by Crippen LogP contribution is -2.39. The van der Waals surface area contributed by atoms with Gasteiger partial charge in [-0.2, -0.15) is 0 Å². The smallest absolute Gasteiger partial charge is 0.241 e. The van der Waals surface area contributed by atoms with Crippen molar-refractivity contribution in [3.05, 3.63) is 0 Å². The van der Waals surface area contributed by atoms with E-state index in [0.717, 1.165) is 25.3 Å². The summed E-state index contributed by atoms with van der Waals surface area (Å²) >= 11 is 0. The maximum Gasteiger partial charge on any atom is 0.241 e. The van der Waals surface area contributed by atoms with E-state index in [2.05, 4.69) is 51.8 Å². The molecule has 1 aliphatic heterocycles. The minimum Gasteiger partial charge on any atom is -0.326 e. The van der Waals surface area contributed by atoms with Gasteiger partial charge in [-0.05, 0) is 37.0 Å². The maximum atomic E-state index is 12.5. The average molecular weight is 268 g/mol. The number of rotatable bonds is 7. The molecule has 0 aromatic rings. The van der Waals surface area contributed by atoms with Crippen molar-refractivity contribution in [3.8, 4) is 0 Å². The molecule has 1 aliphatic rings. The normalized spacial score (nSPS) is 24.3. The number of carbonyl (C=O) groups is 1. The first-order chi connectivity index (χ1) is 8.82. The predicted molar refractivity (Wildman–Crippen MR) is 80.8 cm³/mol. The van der Waals surface area contributed by atoms with E-state index < -0.39 is 0 Å². The summed E-state index contributed by atoms with van der Waals surface area (Å²) in [7, 11) is 0. The zero-order chi connectivity index (χ0) is 14.6. The van der Waals surface area contributed by atoms with E-state index in [1.54, 1.807) is 0 Å². The van der Waals surface area contributed by atoms with Gasteiger partial charge in [0.15, 0.2) is 0 Å². The van der Waals surface area contributed by atoms with Crippen LogP contribution in [0.3, 0.4) is 0 Å². The molecule has 1 N–H and O–H groups in total. The fourth-order valence-electron chi connectivity index (χ4n) is 2.76. The third-order valence-corrected chi connectivity index (χ3v) is 3.84. The minimum absolute atomic E-state index is 0.0165. The van der Waals surface area contributed by atoms with Gasteiger partial charge in [0.25, 0.3) is 0 Å². The molecule has 112 valence electrons. The average Bonchev–Trinajstić information content (AvgIpc) is 2.56. The van der Waals surface area contributed by atoms with Crippen molar-refractivity contribution in [1.29, 1.82) is 0 Å². The minimum atomic E-state index is 0.0165. The molecule has 1 heterocycles. The highest BCUT2D eigenvalue weighted by Crippen LogP contribution is 2.22. The van der Waals surface area contributed by atoms with Crippen LogP contribution in [0.2, 0.25) is 0 Å². The molecular formula is C16H32N2O. The van der Waals surface area contributed by atoms with E-state index in [0.29, 0.717) is 17.7 Å². The van der Waals surface area contributed by atoms with Gasteiger partial charge < -0.3 is 4.90 Å². The summed E-state index contributed by atoms with van der Waals surface area (Å²) in [6.07, 6.45) is 3.61. The maximum absolute atomic E-state index is 12.5. The van der Waals surface area contributed by atoms with E-state index in [4.69, 9.17) is 0 Å². The highest BCUT2D eigenvalue weighted by atomic mass is 16.2. The van der Waals surface area contributed by atoms with Crippen molar-refractivity contribution >= 4 is 5.91 Å². The molecule has 1 rings (SSSR count). The Labute approximate surface area is 119 Å². The summed E-state index contributed by atoms with van der Waals surface area (Å²) in [5, 5.41) is 3.54. The van der Waals surface area contributed by atoms with Gasteiger partial charge in [-0.1, -0.05) is 41.5 Å². The molecule has 0 saturated carbocycles. The van der Waals surface area contributed by atoms with Crippen LogP contribution in [0.15, 0.2) is 0 Å². The fourth-order valence-corrected chi connectivity index (χ4v) is 2.76. The molecule has 1 saturated heterocycles. The Morgan fingerprint density at radius 3 is 2.21 bits per heavy atom. The summed E-state index contributed by atoms with van der Waals surface area (Å²) in [6.45, 7) is 14.1. The zero-order valence-corrected chi connectivity index (χ0v) is 13.6. The molecule has 0 bridgehead atoms. The Bertz CT molecular complexity index is 286. The molecule has 0 aliphatic carbocycles. The predicted octanol–water partition coefficient (Wildman–Crippen LogP) is 3.25. The summed E-state index contributed by atoms with van der Waals surface area (Å²) in [4.78, 5) is 14.6. The summed E-state index contributed by atoms with van der Waals surface area (Å²) < 4.78 is 0. The van der Waals surface area contributed by atoms with Gasteiger partial charge in [0, 0.05) is 6.54 Å². The highest BCUT2D eigenvalue weighted by molar-refractivity contribution is 5.84. The molecule has 0 spiro atoms. The first-order valence-electron chi connectivity index (χ1n) is 7.89. The van der Waals surface area contributed by atoms with Crippen LogP contribution in [0.4, 0.5) is 0 Å². The number of carbonyl (C=O) groups excluding carboxylic acids is 1. The summed E-state index contributed by atoms with van der Waals surface area (Å²) in [6, 6.07) is 0.0165. The lowest BCUT2D eigenvalue weighted by molar-refractivity contribution is -0.131. The molecule has 0 radical (unpaired) electrons. The second-order valence-electron chi connectivity index (χ2n) is 7.10. The second kappa shape index (κ2) is 7.28. The highest BCUT2D eigenvalue weighted by Gasteiger charge is 2.39. The van der Waals surface area contributed by atoms with Crippen molar-refractivity contribution in [1.82, 2.24) is 10.2 Å². The quantitative estimate of drug-likeness (QED) is 0.768. The van der Waals surface area contributed by atoms with E-state index in [1.807, 2.05) is 0 Å². The van der Waals surface area contributed by atoms with Crippen LogP contribution in [-0.4, -0.2) is 29.6 Å². The largest absolute Gasteiger partial charge is 0.326 e. The van der Waals surface area contributed by atoms with Crippen LogP contribution in [0, 0.1) is 17.8 Å². The van der Waals surface area contributed by atoms with E-state index >= 15 is 0 Å². The number of nitrogens with zero attached hydrogens (tertiary/aromatic N) is 1. The molecule has 3 heteroatoms. The Hall–Kier alpha value is -0.570. The van der Waals surface area contributed by atoms with Crippen LogP contribution < -0.4 is 5.32 Å². The molecule has 0 aromatic heterocycles. The number of hydrogen-bond acceptors (Lipinski definition) is 2. The second-order valence-corrected chi connectivity index (χ2v) is 7.10. The van der Waals surface area contributed by atoms with Gasteiger partial charge in [-0.3, -0.25) is 10.1 Å². The first kappa shape index (κ1) is 16.5. The van der Waals surface area contributed by atoms with Crippen molar-refractivity contribution in [2.75, 3.05) is 6.54 Å².